The van der Waals surface area contributed by atoms with Crippen molar-refractivity contribution in [1.82, 2.24) is 9.88 Å². The molecule has 1 saturated heterocycles. The second-order valence-electron chi connectivity index (χ2n) is 6.16. The normalized spacial score (nSPS) is 25.3. The number of carbonyl (C=O) groups is 1. The molecule has 0 aromatic carbocycles. The summed E-state index contributed by atoms with van der Waals surface area (Å²) in [4.78, 5) is 21.1. The van der Waals surface area contributed by atoms with Gasteiger partial charge in [-0.1, -0.05) is 18.2 Å². The van der Waals surface area contributed by atoms with E-state index in [4.69, 9.17) is 5.73 Å². The van der Waals surface area contributed by atoms with Crippen LogP contribution in [0.15, 0.2) is 36.5 Å². The Hall–Kier alpha value is -1.88. The minimum atomic E-state index is 0.126. The minimum Gasteiger partial charge on any atom is -0.355 e. The fraction of sp³-hybridized carbons (Fsp3) is 0.529. The zero-order chi connectivity index (χ0) is 15.4. The van der Waals surface area contributed by atoms with Crippen LogP contribution in [0.4, 0.5) is 5.82 Å². The van der Waals surface area contributed by atoms with Gasteiger partial charge in [-0.25, -0.2) is 4.98 Å². The summed E-state index contributed by atoms with van der Waals surface area (Å²) in [5.41, 5.74) is 5.86. The molecule has 0 radical (unpaired) electrons. The summed E-state index contributed by atoms with van der Waals surface area (Å²) < 4.78 is 0. The van der Waals surface area contributed by atoms with Crippen LogP contribution in [0.5, 0.6) is 0 Å². The second-order valence-corrected chi connectivity index (χ2v) is 6.16. The van der Waals surface area contributed by atoms with Crippen LogP contribution in [0.1, 0.15) is 19.3 Å². The number of aromatic nitrogens is 1. The molecule has 5 nitrogen and oxygen atoms in total. The van der Waals surface area contributed by atoms with Gasteiger partial charge >= 0.3 is 0 Å². The largest absolute Gasteiger partial charge is 0.355 e. The zero-order valence-electron chi connectivity index (χ0n) is 12.9. The van der Waals surface area contributed by atoms with Crippen LogP contribution in [0.2, 0.25) is 0 Å². The predicted molar refractivity (Wildman–Crippen MR) is 87.5 cm³/mol. The molecule has 0 unspecified atom stereocenters. The van der Waals surface area contributed by atoms with Gasteiger partial charge in [-0.2, -0.15) is 0 Å². The second kappa shape index (κ2) is 6.92. The average Bonchev–Trinajstić information content (AvgIpc) is 2.80. The van der Waals surface area contributed by atoms with Crippen molar-refractivity contribution < 1.29 is 4.79 Å². The molecule has 1 aliphatic heterocycles. The molecule has 2 atom stereocenters. The number of hydrogen-bond donors (Lipinski definition) is 1. The van der Waals surface area contributed by atoms with Crippen molar-refractivity contribution in [1.29, 1.82) is 0 Å². The highest BCUT2D eigenvalue weighted by molar-refractivity contribution is 5.77. The molecule has 1 fully saturated rings. The fourth-order valence-electron chi connectivity index (χ4n) is 3.25. The minimum absolute atomic E-state index is 0.126. The smallest absolute Gasteiger partial charge is 0.223 e. The highest BCUT2D eigenvalue weighted by atomic mass is 16.2. The fourth-order valence-corrected chi connectivity index (χ4v) is 3.25. The Morgan fingerprint density at radius 3 is 2.86 bits per heavy atom. The predicted octanol–water partition coefficient (Wildman–Crippen LogP) is 1.41. The van der Waals surface area contributed by atoms with E-state index in [2.05, 4.69) is 16.0 Å². The third kappa shape index (κ3) is 3.65. The molecule has 22 heavy (non-hydrogen) atoms. The number of carbonyl (C=O) groups excluding carboxylic acids is 1. The van der Waals surface area contributed by atoms with Crippen molar-refractivity contribution in [2.75, 3.05) is 31.1 Å². The van der Waals surface area contributed by atoms with Crippen LogP contribution >= 0.6 is 0 Å². The number of nitrogens with two attached hydrogens (primary N) is 1. The molecule has 1 amide bonds. The molecule has 0 spiro atoms. The van der Waals surface area contributed by atoms with Gasteiger partial charge in [0.25, 0.3) is 0 Å². The van der Waals surface area contributed by atoms with Gasteiger partial charge in [-0.15, -0.1) is 0 Å². The van der Waals surface area contributed by atoms with Gasteiger partial charge in [-0.05, 0) is 30.9 Å². The number of amides is 1. The number of allylic oxidation sites excluding steroid dienone is 1. The molecular weight excluding hydrogens is 276 g/mol. The van der Waals surface area contributed by atoms with Gasteiger partial charge < -0.3 is 15.5 Å². The molecule has 5 heteroatoms. The Morgan fingerprint density at radius 2 is 2.14 bits per heavy atom. The first kappa shape index (κ1) is 15.0. The highest BCUT2D eigenvalue weighted by Crippen LogP contribution is 2.21. The Morgan fingerprint density at radius 1 is 1.23 bits per heavy atom. The van der Waals surface area contributed by atoms with E-state index in [0.29, 0.717) is 12.3 Å². The topological polar surface area (TPSA) is 62.5 Å². The van der Waals surface area contributed by atoms with Crippen molar-refractivity contribution in [2.24, 2.45) is 11.7 Å². The number of anilines is 1. The Balaban J connectivity index is 1.54. The van der Waals surface area contributed by atoms with Gasteiger partial charge in [0.2, 0.25) is 5.91 Å². The van der Waals surface area contributed by atoms with E-state index in [0.717, 1.165) is 44.8 Å². The summed E-state index contributed by atoms with van der Waals surface area (Å²) in [6.07, 6.45) is 8.42. The lowest BCUT2D eigenvalue weighted by Gasteiger charge is -2.23. The lowest BCUT2D eigenvalue weighted by atomic mass is 10.0. The first-order valence-corrected chi connectivity index (χ1v) is 8.10. The van der Waals surface area contributed by atoms with Crippen molar-refractivity contribution in [3.63, 3.8) is 0 Å². The van der Waals surface area contributed by atoms with Crippen LogP contribution in [0.3, 0.4) is 0 Å². The van der Waals surface area contributed by atoms with Gasteiger partial charge in [-0.3, -0.25) is 4.79 Å². The lowest BCUT2D eigenvalue weighted by Crippen LogP contribution is -2.36. The molecule has 0 saturated carbocycles. The standard InChI is InChI=1S/C17H24N4O/c18-15-6-5-14(12-15)13-17(22)21-9-3-8-20(10-11-21)16-4-1-2-7-19-16/h1-2,4-7,14-15H,3,8-13,18H2/t14-,15+/m0/s1. The molecule has 1 aromatic heterocycles. The summed E-state index contributed by atoms with van der Waals surface area (Å²) in [6, 6.07) is 6.09. The van der Waals surface area contributed by atoms with Gasteiger partial charge in [0, 0.05) is 44.8 Å². The number of nitrogens with zero attached hydrogens (tertiary/aromatic N) is 3. The van der Waals surface area contributed by atoms with E-state index in [1.807, 2.05) is 35.4 Å². The summed E-state index contributed by atoms with van der Waals surface area (Å²) >= 11 is 0. The first-order chi connectivity index (χ1) is 10.7. The van der Waals surface area contributed by atoms with Gasteiger partial charge in [0.05, 0.1) is 0 Å². The molecule has 1 aliphatic carbocycles. The van der Waals surface area contributed by atoms with E-state index >= 15 is 0 Å². The van der Waals surface area contributed by atoms with Gasteiger partial charge in [0.1, 0.15) is 5.82 Å². The summed E-state index contributed by atoms with van der Waals surface area (Å²) in [5.74, 6) is 1.57. The number of rotatable bonds is 3. The molecule has 2 N–H and O–H groups in total. The monoisotopic (exact) mass is 300 g/mol. The first-order valence-electron chi connectivity index (χ1n) is 8.10. The van der Waals surface area contributed by atoms with E-state index in [-0.39, 0.29) is 11.9 Å². The van der Waals surface area contributed by atoms with Crippen LogP contribution in [0.25, 0.3) is 0 Å². The van der Waals surface area contributed by atoms with Crippen molar-refractivity contribution in [3.8, 4) is 0 Å². The van der Waals surface area contributed by atoms with Crippen molar-refractivity contribution in [2.45, 2.75) is 25.3 Å². The SMILES string of the molecule is N[C@@H]1C=C[C@H](CC(=O)N2CCCN(c3ccccn3)CC2)C1. The van der Waals surface area contributed by atoms with Gasteiger partial charge in [0.15, 0.2) is 0 Å². The van der Waals surface area contributed by atoms with E-state index < -0.39 is 0 Å². The molecule has 118 valence electrons. The third-order valence-electron chi connectivity index (χ3n) is 4.46. The van der Waals surface area contributed by atoms with Crippen LogP contribution in [-0.4, -0.2) is 48.0 Å². The third-order valence-corrected chi connectivity index (χ3v) is 4.46. The molecule has 2 heterocycles. The number of hydrogen-bond acceptors (Lipinski definition) is 4. The molecule has 2 aliphatic rings. The highest BCUT2D eigenvalue weighted by Gasteiger charge is 2.24. The Labute approximate surface area is 131 Å². The maximum atomic E-state index is 12.5. The molecule has 0 bridgehead atoms. The number of pyridine rings is 1. The van der Waals surface area contributed by atoms with E-state index in [1.54, 1.807) is 0 Å². The Kier molecular flexibility index (Phi) is 4.73. The Bertz CT molecular complexity index is 531. The molecule has 1 aromatic rings. The van der Waals surface area contributed by atoms with Crippen LogP contribution in [0, 0.1) is 5.92 Å². The zero-order valence-corrected chi connectivity index (χ0v) is 12.9. The van der Waals surface area contributed by atoms with Crippen molar-refractivity contribution in [3.05, 3.63) is 36.5 Å². The van der Waals surface area contributed by atoms with Crippen LogP contribution in [-0.2, 0) is 4.79 Å². The maximum absolute atomic E-state index is 12.5. The average molecular weight is 300 g/mol. The summed E-state index contributed by atoms with van der Waals surface area (Å²) in [6.45, 7) is 3.42. The summed E-state index contributed by atoms with van der Waals surface area (Å²) in [5, 5.41) is 0. The maximum Gasteiger partial charge on any atom is 0.223 e. The van der Waals surface area contributed by atoms with Crippen LogP contribution < -0.4 is 10.6 Å². The van der Waals surface area contributed by atoms with E-state index in [9.17, 15) is 4.79 Å². The molecular formula is C17H24N4O. The quantitative estimate of drug-likeness (QED) is 0.858. The van der Waals surface area contributed by atoms with E-state index in [1.165, 1.54) is 0 Å². The molecule has 3 rings (SSSR count). The van der Waals surface area contributed by atoms with Crippen molar-refractivity contribution >= 4 is 11.7 Å². The summed E-state index contributed by atoms with van der Waals surface area (Å²) in [7, 11) is 0. The lowest BCUT2D eigenvalue weighted by molar-refractivity contribution is -0.131.